The number of halogens is 1. The normalized spacial score (nSPS) is 14.2. The quantitative estimate of drug-likeness (QED) is 0.513. The van der Waals surface area contributed by atoms with Crippen LogP contribution in [-0.4, -0.2) is 29.8 Å². The number of nitrogens with zero attached hydrogens (tertiary/aromatic N) is 2. The number of benzene rings is 1. The topological polar surface area (TPSA) is 94.2 Å². The van der Waals surface area contributed by atoms with Crippen LogP contribution in [0.25, 0.3) is 10.9 Å². The standard InChI is InChI=1S/C22H26FN5O2/c1-30-22-20(27-11-10-26-19-8-4-5-9-25-19)16(23)12-15-17(29)13-18(24)28(21(15)22)14-6-2-3-7-14/h4-5,8-9,12-14,27H,2-3,6-7,10-11,24H2,1H3,(H,25,26). The summed E-state index contributed by atoms with van der Waals surface area (Å²) in [7, 11) is 1.48. The van der Waals surface area contributed by atoms with Crippen molar-refractivity contribution in [2.24, 2.45) is 0 Å². The molecule has 1 saturated carbocycles. The van der Waals surface area contributed by atoms with E-state index < -0.39 is 5.82 Å². The molecule has 1 aliphatic rings. The second kappa shape index (κ2) is 8.61. The van der Waals surface area contributed by atoms with Gasteiger partial charge in [0.05, 0.1) is 18.0 Å². The minimum atomic E-state index is -0.531. The number of nitrogens with one attached hydrogen (secondary N) is 2. The van der Waals surface area contributed by atoms with Crippen LogP contribution in [-0.2, 0) is 0 Å². The van der Waals surface area contributed by atoms with Crippen molar-refractivity contribution in [2.75, 3.05) is 36.6 Å². The molecule has 1 fully saturated rings. The Morgan fingerprint density at radius 3 is 2.70 bits per heavy atom. The third kappa shape index (κ3) is 3.77. The number of anilines is 3. The molecule has 8 heteroatoms. The number of pyridine rings is 2. The maximum atomic E-state index is 15.0. The Morgan fingerprint density at radius 2 is 2.00 bits per heavy atom. The van der Waals surface area contributed by atoms with E-state index >= 15 is 0 Å². The number of aromatic nitrogens is 2. The fraction of sp³-hybridized carbons (Fsp3) is 0.364. The minimum absolute atomic E-state index is 0.172. The van der Waals surface area contributed by atoms with Gasteiger partial charge in [-0.1, -0.05) is 18.9 Å². The van der Waals surface area contributed by atoms with Crippen LogP contribution in [0.2, 0.25) is 0 Å². The molecule has 0 radical (unpaired) electrons. The molecule has 1 aliphatic carbocycles. The lowest BCUT2D eigenvalue weighted by Crippen LogP contribution is -2.19. The molecule has 158 valence electrons. The SMILES string of the molecule is COc1c(NCCNc2ccccn2)c(F)cc2c(=O)cc(N)n(C3CCCC3)c12. The number of nitrogens with two attached hydrogens (primary N) is 1. The Hall–Kier alpha value is -3.29. The van der Waals surface area contributed by atoms with Crippen LogP contribution in [0.15, 0.2) is 41.3 Å². The second-order valence-electron chi connectivity index (χ2n) is 7.47. The summed E-state index contributed by atoms with van der Waals surface area (Å²) in [5, 5.41) is 6.56. The summed E-state index contributed by atoms with van der Waals surface area (Å²) >= 11 is 0. The van der Waals surface area contributed by atoms with Crippen molar-refractivity contribution < 1.29 is 9.13 Å². The van der Waals surface area contributed by atoms with Gasteiger partial charge < -0.3 is 25.7 Å². The van der Waals surface area contributed by atoms with Gasteiger partial charge in [-0.25, -0.2) is 9.37 Å². The Balaban J connectivity index is 1.70. The minimum Gasteiger partial charge on any atom is -0.492 e. The van der Waals surface area contributed by atoms with Crippen molar-refractivity contribution in [1.82, 2.24) is 9.55 Å². The molecule has 0 saturated heterocycles. The molecule has 2 aromatic heterocycles. The van der Waals surface area contributed by atoms with Gasteiger partial charge in [-0.05, 0) is 31.0 Å². The molecule has 0 unspecified atom stereocenters. The fourth-order valence-corrected chi connectivity index (χ4v) is 4.22. The predicted octanol–water partition coefficient (Wildman–Crippen LogP) is 3.77. The van der Waals surface area contributed by atoms with Crippen molar-refractivity contribution >= 4 is 28.2 Å². The largest absolute Gasteiger partial charge is 0.492 e. The predicted molar refractivity (Wildman–Crippen MR) is 118 cm³/mol. The third-order valence-electron chi connectivity index (χ3n) is 5.56. The summed E-state index contributed by atoms with van der Waals surface area (Å²) in [5.41, 5.74) is 6.71. The van der Waals surface area contributed by atoms with Gasteiger partial charge in [0.25, 0.3) is 0 Å². The molecular weight excluding hydrogens is 385 g/mol. The van der Waals surface area contributed by atoms with Gasteiger partial charge >= 0.3 is 0 Å². The average Bonchev–Trinajstić information content (AvgIpc) is 3.27. The highest BCUT2D eigenvalue weighted by Crippen LogP contribution is 2.40. The van der Waals surface area contributed by atoms with Crippen molar-refractivity contribution in [3.63, 3.8) is 0 Å². The summed E-state index contributed by atoms with van der Waals surface area (Å²) in [6.07, 6.45) is 5.85. The molecule has 1 aromatic carbocycles. The maximum absolute atomic E-state index is 15.0. The molecule has 7 nitrogen and oxygen atoms in total. The Morgan fingerprint density at radius 1 is 1.23 bits per heavy atom. The smallest absolute Gasteiger partial charge is 0.191 e. The Kier molecular flexibility index (Phi) is 5.74. The van der Waals surface area contributed by atoms with Crippen molar-refractivity contribution in [1.29, 1.82) is 0 Å². The van der Waals surface area contributed by atoms with Crippen molar-refractivity contribution in [2.45, 2.75) is 31.7 Å². The monoisotopic (exact) mass is 411 g/mol. The number of ether oxygens (including phenoxy) is 1. The third-order valence-corrected chi connectivity index (χ3v) is 5.56. The summed E-state index contributed by atoms with van der Waals surface area (Å²) < 4.78 is 22.5. The van der Waals surface area contributed by atoms with Crippen molar-refractivity contribution in [3.05, 3.63) is 52.6 Å². The van der Waals surface area contributed by atoms with Gasteiger partial charge in [-0.15, -0.1) is 0 Å². The van der Waals surface area contributed by atoms with Gasteiger partial charge in [-0.2, -0.15) is 0 Å². The van der Waals surface area contributed by atoms with E-state index in [0.29, 0.717) is 30.2 Å². The van der Waals surface area contributed by atoms with E-state index in [0.717, 1.165) is 31.5 Å². The molecule has 3 aromatic rings. The van der Waals surface area contributed by atoms with E-state index in [-0.39, 0.29) is 22.5 Å². The summed E-state index contributed by atoms with van der Waals surface area (Å²) in [6.45, 7) is 0.968. The zero-order valence-electron chi connectivity index (χ0n) is 17.0. The molecule has 0 atom stereocenters. The highest BCUT2D eigenvalue weighted by molar-refractivity contribution is 5.92. The maximum Gasteiger partial charge on any atom is 0.191 e. The van der Waals surface area contributed by atoms with Crippen LogP contribution < -0.4 is 26.5 Å². The van der Waals surface area contributed by atoms with E-state index in [9.17, 15) is 9.18 Å². The zero-order chi connectivity index (χ0) is 21.1. The summed E-state index contributed by atoms with van der Waals surface area (Å²) in [4.78, 5) is 16.8. The molecule has 0 bridgehead atoms. The van der Waals surface area contributed by atoms with E-state index in [1.54, 1.807) is 6.20 Å². The molecule has 2 heterocycles. The molecule has 30 heavy (non-hydrogen) atoms. The lowest BCUT2D eigenvalue weighted by Gasteiger charge is -2.23. The molecular formula is C22H26FN5O2. The number of methoxy groups -OCH3 is 1. The fourth-order valence-electron chi connectivity index (χ4n) is 4.22. The lowest BCUT2D eigenvalue weighted by molar-refractivity contribution is 0.413. The highest BCUT2D eigenvalue weighted by atomic mass is 19.1. The van der Waals surface area contributed by atoms with E-state index in [4.69, 9.17) is 10.5 Å². The highest BCUT2D eigenvalue weighted by Gasteiger charge is 2.25. The molecule has 4 N–H and O–H groups in total. The Bertz CT molecular complexity index is 1090. The van der Waals surface area contributed by atoms with Gasteiger partial charge in [0, 0.05) is 31.4 Å². The molecule has 4 rings (SSSR count). The van der Waals surface area contributed by atoms with Gasteiger partial charge in [0.2, 0.25) is 0 Å². The summed E-state index contributed by atoms with van der Waals surface area (Å²) in [6, 6.07) is 8.42. The van der Waals surface area contributed by atoms with Crippen LogP contribution in [0.4, 0.5) is 21.7 Å². The second-order valence-corrected chi connectivity index (χ2v) is 7.47. The van der Waals surface area contributed by atoms with Gasteiger partial charge in [-0.3, -0.25) is 4.79 Å². The first kappa shape index (κ1) is 20.0. The first-order valence-corrected chi connectivity index (χ1v) is 10.2. The van der Waals surface area contributed by atoms with E-state index in [1.807, 2.05) is 22.8 Å². The van der Waals surface area contributed by atoms with Crippen molar-refractivity contribution in [3.8, 4) is 5.75 Å². The number of nitrogen functional groups attached to an aromatic ring is 1. The molecule has 0 spiro atoms. The van der Waals surface area contributed by atoms with E-state index in [2.05, 4.69) is 15.6 Å². The van der Waals surface area contributed by atoms with Gasteiger partial charge in [0.1, 0.15) is 17.3 Å². The first-order valence-electron chi connectivity index (χ1n) is 10.2. The van der Waals surface area contributed by atoms with Crippen LogP contribution in [0.1, 0.15) is 31.7 Å². The number of rotatable bonds is 7. The number of hydrogen-bond acceptors (Lipinski definition) is 6. The molecule has 0 aliphatic heterocycles. The number of fused-ring (bicyclic) bond motifs is 1. The first-order chi connectivity index (χ1) is 14.6. The van der Waals surface area contributed by atoms with Crippen LogP contribution >= 0.6 is 0 Å². The van der Waals surface area contributed by atoms with E-state index in [1.165, 1.54) is 19.2 Å². The lowest BCUT2D eigenvalue weighted by atomic mass is 10.1. The van der Waals surface area contributed by atoms with Crippen LogP contribution in [0.3, 0.4) is 0 Å². The molecule has 0 amide bonds. The van der Waals surface area contributed by atoms with Crippen LogP contribution in [0.5, 0.6) is 5.75 Å². The average molecular weight is 411 g/mol. The zero-order valence-corrected chi connectivity index (χ0v) is 17.0. The van der Waals surface area contributed by atoms with Crippen LogP contribution in [0, 0.1) is 5.82 Å². The van der Waals surface area contributed by atoms with Gasteiger partial charge in [0.15, 0.2) is 17.0 Å². The summed E-state index contributed by atoms with van der Waals surface area (Å²) in [5.74, 6) is 0.899. The number of hydrogen-bond donors (Lipinski definition) is 3. The Labute approximate surface area is 174 Å².